The van der Waals surface area contributed by atoms with Crippen molar-refractivity contribution in [1.29, 1.82) is 0 Å². The molecule has 0 aliphatic carbocycles. The van der Waals surface area contributed by atoms with Gasteiger partial charge >= 0.3 is 0 Å². The number of carbonyl (C=O) groups excluding carboxylic acids is 2. The lowest BCUT2D eigenvalue weighted by Gasteiger charge is -2.07. The van der Waals surface area contributed by atoms with Gasteiger partial charge in [-0.1, -0.05) is 48.5 Å². The second-order valence-electron chi connectivity index (χ2n) is 7.27. The number of nitrogens with zero attached hydrogens (tertiary/aromatic N) is 1. The molecule has 0 aliphatic rings. The molecule has 5 aromatic rings. The molecule has 2 heterocycles. The molecule has 0 radical (unpaired) electrons. The van der Waals surface area contributed by atoms with Crippen LogP contribution in [0.15, 0.2) is 77.5 Å². The van der Waals surface area contributed by atoms with E-state index < -0.39 is 0 Å². The number of benzene rings is 3. The first kappa shape index (κ1) is 18.0. The minimum atomic E-state index is -0.359. The fourth-order valence-corrected chi connectivity index (χ4v) is 3.94. The van der Waals surface area contributed by atoms with Gasteiger partial charge < -0.3 is 8.98 Å². The molecule has 0 aliphatic heterocycles. The highest BCUT2D eigenvalue weighted by atomic mass is 16.3. The summed E-state index contributed by atoms with van der Waals surface area (Å²) in [5, 5.41) is 3.87. The zero-order valence-corrected chi connectivity index (χ0v) is 16.3. The van der Waals surface area contributed by atoms with Gasteiger partial charge in [0.1, 0.15) is 5.58 Å². The van der Waals surface area contributed by atoms with Gasteiger partial charge in [0.15, 0.2) is 0 Å². The van der Waals surface area contributed by atoms with Crippen LogP contribution in [0.4, 0.5) is 0 Å². The lowest BCUT2D eigenvalue weighted by molar-refractivity contribution is -0.121. The van der Waals surface area contributed by atoms with E-state index in [1.54, 1.807) is 12.5 Å². The number of hydrazine groups is 1. The number of furan rings is 1. The first-order valence-electron chi connectivity index (χ1n) is 9.63. The van der Waals surface area contributed by atoms with Crippen LogP contribution in [0.25, 0.3) is 32.6 Å². The highest BCUT2D eigenvalue weighted by molar-refractivity contribution is 6.09. The highest BCUT2D eigenvalue weighted by Gasteiger charge is 2.16. The number of carbonyl (C=O) groups is 2. The molecule has 3 aromatic carbocycles. The molecule has 5 rings (SSSR count). The number of aryl methyl sites for hydroxylation is 1. The number of para-hydroxylation sites is 1. The van der Waals surface area contributed by atoms with E-state index in [0.717, 1.165) is 38.2 Å². The molecule has 0 atom stereocenters. The van der Waals surface area contributed by atoms with E-state index in [9.17, 15) is 9.59 Å². The Hall–Kier alpha value is -4.06. The van der Waals surface area contributed by atoms with Gasteiger partial charge in [-0.25, -0.2) is 0 Å². The van der Waals surface area contributed by atoms with Gasteiger partial charge in [-0.05, 0) is 22.9 Å². The zero-order chi connectivity index (χ0) is 20.7. The molecule has 0 fully saturated rings. The molecule has 2 aromatic heterocycles. The quantitative estimate of drug-likeness (QED) is 0.451. The summed E-state index contributed by atoms with van der Waals surface area (Å²) in [5.74, 6) is -0.679. The standard InChI is InChI=1S/C24H19N3O3/c1-27-13-19(18-8-4-5-9-20(18)27)24(29)26-25-22(28)12-16-14-30-21-11-10-15-6-2-3-7-17(15)23(16)21/h2-11,13-14H,12H2,1H3,(H,25,28)(H,26,29). The van der Waals surface area contributed by atoms with E-state index in [-0.39, 0.29) is 18.2 Å². The minimum absolute atomic E-state index is 0.0941. The number of hydrogen-bond acceptors (Lipinski definition) is 3. The fourth-order valence-electron chi connectivity index (χ4n) is 3.94. The predicted molar refractivity (Wildman–Crippen MR) is 116 cm³/mol. The van der Waals surface area contributed by atoms with E-state index in [4.69, 9.17) is 4.42 Å². The van der Waals surface area contributed by atoms with E-state index >= 15 is 0 Å². The van der Waals surface area contributed by atoms with Crippen molar-refractivity contribution in [2.75, 3.05) is 0 Å². The van der Waals surface area contributed by atoms with Crippen LogP contribution in [0, 0.1) is 0 Å². The van der Waals surface area contributed by atoms with Gasteiger partial charge in [0, 0.05) is 35.1 Å². The van der Waals surface area contributed by atoms with Crippen LogP contribution in [-0.4, -0.2) is 16.4 Å². The van der Waals surface area contributed by atoms with Crippen molar-refractivity contribution in [2.24, 2.45) is 7.05 Å². The zero-order valence-electron chi connectivity index (χ0n) is 16.3. The van der Waals surface area contributed by atoms with Crippen LogP contribution in [0.3, 0.4) is 0 Å². The third-order valence-electron chi connectivity index (χ3n) is 5.35. The Balaban J connectivity index is 1.34. The molecule has 0 saturated heterocycles. The lowest BCUT2D eigenvalue weighted by atomic mass is 10.0. The Morgan fingerprint density at radius 2 is 1.70 bits per heavy atom. The Bertz CT molecular complexity index is 1430. The summed E-state index contributed by atoms with van der Waals surface area (Å²) in [5.41, 5.74) is 8.00. The van der Waals surface area contributed by atoms with Crippen molar-refractivity contribution in [1.82, 2.24) is 15.4 Å². The molecule has 6 nitrogen and oxygen atoms in total. The van der Waals surface area contributed by atoms with Crippen molar-refractivity contribution < 1.29 is 14.0 Å². The molecule has 2 N–H and O–H groups in total. The van der Waals surface area contributed by atoms with Crippen molar-refractivity contribution in [3.8, 4) is 0 Å². The highest BCUT2D eigenvalue weighted by Crippen LogP contribution is 2.30. The van der Waals surface area contributed by atoms with E-state index in [1.807, 2.05) is 72.3 Å². The normalized spacial score (nSPS) is 11.2. The minimum Gasteiger partial charge on any atom is -0.464 e. The first-order chi connectivity index (χ1) is 14.6. The smallest absolute Gasteiger partial charge is 0.271 e. The molecular formula is C24H19N3O3. The maximum absolute atomic E-state index is 12.6. The maximum Gasteiger partial charge on any atom is 0.271 e. The number of nitrogens with one attached hydrogen (secondary N) is 2. The van der Waals surface area contributed by atoms with Crippen LogP contribution < -0.4 is 10.9 Å². The molecule has 30 heavy (non-hydrogen) atoms. The largest absolute Gasteiger partial charge is 0.464 e. The number of fused-ring (bicyclic) bond motifs is 4. The van der Waals surface area contributed by atoms with Crippen LogP contribution in [-0.2, 0) is 18.3 Å². The summed E-state index contributed by atoms with van der Waals surface area (Å²) in [6.07, 6.45) is 3.45. The number of amides is 2. The van der Waals surface area contributed by atoms with Gasteiger partial charge in [-0.2, -0.15) is 0 Å². The van der Waals surface area contributed by atoms with Gasteiger partial charge in [0.05, 0.1) is 18.2 Å². The average molecular weight is 397 g/mol. The van der Waals surface area contributed by atoms with Crippen molar-refractivity contribution in [3.63, 3.8) is 0 Å². The van der Waals surface area contributed by atoms with E-state index in [0.29, 0.717) is 5.56 Å². The van der Waals surface area contributed by atoms with Crippen molar-refractivity contribution in [2.45, 2.75) is 6.42 Å². The second-order valence-corrected chi connectivity index (χ2v) is 7.27. The van der Waals surface area contributed by atoms with Crippen LogP contribution >= 0.6 is 0 Å². The Morgan fingerprint density at radius 3 is 2.57 bits per heavy atom. The van der Waals surface area contributed by atoms with Crippen LogP contribution in [0.1, 0.15) is 15.9 Å². The third kappa shape index (κ3) is 2.99. The third-order valence-corrected chi connectivity index (χ3v) is 5.35. The molecule has 0 spiro atoms. The number of hydrogen-bond donors (Lipinski definition) is 2. The molecule has 0 saturated carbocycles. The Labute approximate surface area is 172 Å². The molecular weight excluding hydrogens is 378 g/mol. The predicted octanol–water partition coefficient (Wildman–Crippen LogP) is 4.08. The van der Waals surface area contributed by atoms with Gasteiger partial charge in [-0.3, -0.25) is 20.4 Å². The van der Waals surface area contributed by atoms with Crippen molar-refractivity contribution >= 4 is 44.5 Å². The Morgan fingerprint density at radius 1 is 0.933 bits per heavy atom. The number of rotatable bonds is 3. The summed E-state index contributed by atoms with van der Waals surface area (Å²) in [4.78, 5) is 25.1. The molecule has 6 heteroatoms. The molecule has 0 unspecified atom stereocenters. The van der Waals surface area contributed by atoms with Gasteiger partial charge in [0.2, 0.25) is 5.91 Å². The Kier molecular flexibility index (Phi) is 4.25. The summed E-state index contributed by atoms with van der Waals surface area (Å²) in [6, 6.07) is 19.5. The molecule has 2 amide bonds. The summed E-state index contributed by atoms with van der Waals surface area (Å²) >= 11 is 0. The van der Waals surface area contributed by atoms with Crippen molar-refractivity contribution in [3.05, 3.63) is 84.3 Å². The van der Waals surface area contributed by atoms with Crippen LogP contribution in [0.5, 0.6) is 0 Å². The van der Waals surface area contributed by atoms with Crippen LogP contribution in [0.2, 0.25) is 0 Å². The monoisotopic (exact) mass is 397 g/mol. The summed E-state index contributed by atoms with van der Waals surface area (Å²) in [6.45, 7) is 0. The van der Waals surface area contributed by atoms with Gasteiger partial charge in [0.25, 0.3) is 5.91 Å². The fraction of sp³-hybridized carbons (Fsp3) is 0.0833. The summed E-state index contributed by atoms with van der Waals surface area (Å²) < 4.78 is 7.52. The average Bonchev–Trinajstić information content (AvgIpc) is 3.33. The summed E-state index contributed by atoms with van der Waals surface area (Å²) in [7, 11) is 1.88. The topological polar surface area (TPSA) is 76.3 Å². The second kappa shape index (κ2) is 7.08. The maximum atomic E-state index is 12.6. The van der Waals surface area contributed by atoms with E-state index in [2.05, 4.69) is 10.9 Å². The lowest BCUT2D eigenvalue weighted by Crippen LogP contribution is -2.42. The SMILES string of the molecule is Cn1cc(C(=O)NNC(=O)Cc2coc3ccc4ccccc4c23)c2ccccc21. The van der Waals surface area contributed by atoms with E-state index in [1.165, 1.54) is 0 Å². The molecule has 0 bridgehead atoms. The molecule has 148 valence electrons. The first-order valence-corrected chi connectivity index (χ1v) is 9.63. The van der Waals surface area contributed by atoms with Gasteiger partial charge in [-0.15, -0.1) is 0 Å². The number of aromatic nitrogens is 1.